The number of rotatable bonds is 8. The molecule has 32 heavy (non-hydrogen) atoms. The van der Waals surface area contributed by atoms with Crippen molar-refractivity contribution < 1.29 is 28.0 Å². The van der Waals surface area contributed by atoms with Crippen LogP contribution in [-0.4, -0.2) is 39.1 Å². The zero-order valence-electron chi connectivity index (χ0n) is 16.3. The van der Waals surface area contributed by atoms with Crippen LogP contribution in [0.25, 0.3) is 11.3 Å². The molecule has 0 saturated heterocycles. The Balaban J connectivity index is 1.69. The third-order valence-corrected chi connectivity index (χ3v) is 4.31. The number of hydrogen-bond acceptors (Lipinski definition) is 7. The molecule has 0 fully saturated rings. The van der Waals surface area contributed by atoms with Crippen LogP contribution in [0.5, 0.6) is 0 Å². The van der Waals surface area contributed by atoms with E-state index in [-0.39, 0.29) is 22.5 Å². The lowest BCUT2D eigenvalue weighted by Crippen LogP contribution is -2.15. The van der Waals surface area contributed by atoms with Crippen LogP contribution in [0.3, 0.4) is 0 Å². The Bertz CT molecular complexity index is 1120. The van der Waals surface area contributed by atoms with Crippen LogP contribution in [0.15, 0.2) is 54.7 Å². The average molecular weight is 447 g/mol. The van der Waals surface area contributed by atoms with Gasteiger partial charge in [0, 0.05) is 24.7 Å². The highest BCUT2D eigenvalue weighted by Crippen LogP contribution is 2.31. The summed E-state index contributed by atoms with van der Waals surface area (Å²) >= 11 is 0. The van der Waals surface area contributed by atoms with Gasteiger partial charge < -0.3 is 15.7 Å². The predicted octanol–water partition coefficient (Wildman–Crippen LogP) is 4.29. The van der Waals surface area contributed by atoms with Gasteiger partial charge in [-0.2, -0.15) is 13.2 Å². The third-order valence-electron chi connectivity index (χ3n) is 4.31. The molecule has 3 aromatic rings. The second-order valence-corrected chi connectivity index (χ2v) is 6.49. The maximum Gasteiger partial charge on any atom is 0.416 e. The Kier molecular flexibility index (Phi) is 6.52. The highest BCUT2D eigenvalue weighted by molar-refractivity contribution is 5.95. The van der Waals surface area contributed by atoms with E-state index in [1.165, 1.54) is 36.4 Å². The molecule has 2 aromatic heterocycles. The summed E-state index contributed by atoms with van der Waals surface area (Å²) in [6, 6.07) is 9.60. The van der Waals surface area contributed by atoms with Crippen LogP contribution in [-0.2, 0) is 6.18 Å². The summed E-state index contributed by atoms with van der Waals surface area (Å²) < 4.78 is 38.4. The van der Waals surface area contributed by atoms with Gasteiger partial charge >= 0.3 is 12.1 Å². The van der Waals surface area contributed by atoms with Gasteiger partial charge in [0.25, 0.3) is 5.69 Å². The van der Waals surface area contributed by atoms with Crippen molar-refractivity contribution in [2.45, 2.75) is 6.18 Å². The monoisotopic (exact) mass is 447 g/mol. The summed E-state index contributed by atoms with van der Waals surface area (Å²) in [6.07, 6.45) is -3.38. The molecule has 0 bridgehead atoms. The Morgan fingerprint density at radius 1 is 1.00 bits per heavy atom. The fraction of sp³-hybridized carbons (Fsp3) is 0.150. The molecule has 2 heterocycles. The fourth-order valence-electron chi connectivity index (χ4n) is 2.75. The van der Waals surface area contributed by atoms with Gasteiger partial charge in [0.2, 0.25) is 0 Å². The van der Waals surface area contributed by atoms with Crippen molar-refractivity contribution in [2.75, 3.05) is 23.7 Å². The SMILES string of the molecule is O=C(O)c1ccc(NCCNc2ccc([N+](=O)[O-])cn2)nc1-c1ccc(C(F)(F)F)cc1. The molecule has 0 aliphatic carbocycles. The number of pyridine rings is 2. The van der Waals surface area contributed by atoms with Gasteiger partial charge in [-0.25, -0.2) is 14.8 Å². The van der Waals surface area contributed by atoms with Gasteiger partial charge in [0.15, 0.2) is 0 Å². The van der Waals surface area contributed by atoms with E-state index in [0.717, 1.165) is 18.3 Å². The number of halogens is 3. The molecule has 1 aromatic carbocycles. The molecule has 0 spiro atoms. The topological polar surface area (TPSA) is 130 Å². The number of carbonyl (C=O) groups is 1. The summed E-state index contributed by atoms with van der Waals surface area (Å²) in [5, 5.41) is 26.0. The maximum absolute atomic E-state index is 12.8. The summed E-state index contributed by atoms with van der Waals surface area (Å²) in [5.41, 5.74) is -0.873. The normalized spacial score (nSPS) is 11.1. The van der Waals surface area contributed by atoms with Crippen molar-refractivity contribution in [1.29, 1.82) is 0 Å². The second kappa shape index (κ2) is 9.29. The zero-order chi connectivity index (χ0) is 23.3. The van der Waals surface area contributed by atoms with Crippen LogP contribution in [0.4, 0.5) is 30.5 Å². The molecule has 3 N–H and O–H groups in total. The number of aromatic nitrogens is 2. The average Bonchev–Trinajstić information content (AvgIpc) is 2.76. The number of benzene rings is 1. The number of aromatic carboxylic acids is 1. The molecule has 166 valence electrons. The lowest BCUT2D eigenvalue weighted by Gasteiger charge is -2.12. The first-order valence-electron chi connectivity index (χ1n) is 9.15. The molecule has 0 atom stereocenters. The van der Waals surface area contributed by atoms with Crippen molar-refractivity contribution in [3.63, 3.8) is 0 Å². The van der Waals surface area contributed by atoms with Gasteiger partial charge in [0.1, 0.15) is 17.8 Å². The van der Waals surface area contributed by atoms with E-state index in [4.69, 9.17) is 0 Å². The Hall–Kier alpha value is -4.22. The quantitative estimate of drug-likeness (QED) is 0.265. The summed E-state index contributed by atoms with van der Waals surface area (Å²) in [6.45, 7) is 0.702. The highest BCUT2D eigenvalue weighted by atomic mass is 19.4. The standard InChI is InChI=1S/C20H16F3N5O4/c21-20(22,23)13-3-1-12(2-4-13)18-15(19(29)30)6-8-17(27-18)25-10-9-24-16-7-5-14(11-26-16)28(31)32/h1-8,11H,9-10H2,(H,24,26)(H,25,27)(H,29,30). The number of nitrogens with one attached hydrogen (secondary N) is 2. The summed E-state index contributed by atoms with van der Waals surface area (Å²) in [4.78, 5) is 29.7. The molecular weight excluding hydrogens is 431 g/mol. The van der Waals surface area contributed by atoms with Crippen LogP contribution in [0.2, 0.25) is 0 Å². The number of nitro groups is 1. The summed E-state index contributed by atoms with van der Waals surface area (Å²) in [7, 11) is 0. The Labute approximate surface area is 179 Å². The number of nitrogens with zero attached hydrogens (tertiary/aromatic N) is 3. The van der Waals surface area contributed by atoms with E-state index in [1.54, 1.807) is 0 Å². The van der Waals surface area contributed by atoms with Gasteiger partial charge in [-0.3, -0.25) is 10.1 Å². The molecule has 0 radical (unpaired) electrons. The third kappa shape index (κ3) is 5.47. The van der Waals surface area contributed by atoms with Gasteiger partial charge in [0.05, 0.1) is 21.7 Å². The lowest BCUT2D eigenvalue weighted by molar-refractivity contribution is -0.385. The zero-order valence-corrected chi connectivity index (χ0v) is 16.3. The minimum atomic E-state index is -4.50. The Morgan fingerprint density at radius 3 is 2.16 bits per heavy atom. The minimum Gasteiger partial charge on any atom is -0.478 e. The molecule has 0 aliphatic heterocycles. The molecule has 3 rings (SSSR count). The molecule has 0 aliphatic rings. The number of alkyl halides is 3. The number of carboxylic acids is 1. The van der Waals surface area contributed by atoms with E-state index in [1.807, 2.05) is 0 Å². The first kappa shape index (κ1) is 22.5. The molecule has 12 heteroatoms. The van der Waals surface area contributed by atoms with Gasteiger partial charge in [-0.1, -0.05) is 12.1 Å². The predicted molar refractivity (Wildman–Crippen MR) is 110 cm³/mol. The largest absolute Gasteiger partial charge is 0.478 e. The van der Waals surface area contributed by atoms with E-state index in [9.17, 15) is 33.2 Å². The first-order chi connectivity index (χ1) is 15.1. The van der Waals surface area contributed by atoms with Crippen LogP contribution in [0.1, 0.15) is 15.9 Å². The van der Waals surface area contributed by atoms with E-state index in [0.29, 0.717) is 24.7 Å². The van der Waals surface area contributed by atoms with Crippen LogP contribution < -0.4 is 10.6 Å². The van der Waals surface area contributed by atoms with Crippen LogP contribution in [0, 0.1) is 10.1 Å². The number of carboxylic acid groups (broad SMARTS) is 1. The van der Waals surface area contributed by atoms with Crippen molar-refractivity contribution in [3.8, 4) is 11.3 Å². The number of hydrogen-bond donors (Lipinski definition) is 3. The van der Waals surface area contributed by atoms with Crippen molar-refractivity contribution in [3.05, 3.63) is 76.0 Å². The van der Waals surface area contributed by atoms with Crippen molar-refractivity contribution in [2.24, 2.45) is 0 Å². The lowest BCUT2D eigenvalue weighted by atomic mass is 10.0. The smallest absolute Gasteiger partial charge is 0.416 e. The van der Waals surface area contributed by atoms with Gasteiger partial charge in [-0.15, -0.1) is 0 Å². The molecule has 0 amide bonds. The second-order valence-electron chi connectivity index (χ2n) is 6.49. The van der Waals surface area contributed by atoms with Crippen molar-refractivity contribution in [1.82, 2.24) is 9.97 Å². The maximum atomic E-state index is 12.8. The molecule has 0 unspecified atom stereocenters. The highest BCUT2D eigenvalue weighted by Gasteiger charge is 2.30. The number of anilines is 2. The van der Waals surface area contributed by atoms with Crippen molar-refractivity contribution >= 4 is 23.3 Å². The Morgan fingerprint density at radius 2 is 1.62 bits per heavy atom. The molecule has 9 nitrogen and oxygen atoms in total. The fourth-order valence-corrected chi connectivity index (χ4v) is 2.75. The minimum absolute atomic E-state index is 0.0289. The van der Waals surface area contributed by atoms with E-state index >= 15 is 0 Å². The summed E-state index contributed by atoms with van der Waals surface area (Å²) in [5.74, 6) is -0.509. The first-order valence-corrected chi connectivity index (χ1v) is 9.15. The van der Waals surface area contributed by atoms with Crippen LogP contribution >= 0.6 is 0 Å². The molecular formula is C20H16F3N5O4. The van der Waals surface area contributed by atoms with E-state index in [2.05, 4.69) is 20.6 Å². The molecule has 0 saturated carbocycles. The van der Waals surface area contributed by atoms with Gasteiger partial charge in [-0.05, 0) is 30.3 Å². The van der Waals surface area contributed by atoms with E-state index < -0.39 is 22.6 Å².